The Bertz CT molecular complexity index is 436. The van der Waals surface area contributed by atoms with E-state index in [1.54, 1.807) is 18.6 Å². The number of aromatic nitrogens is 3. The van der Waals surface area contributed by atoms with Gasteiger partial charge in [-0.15, -0.1) is 0 Å². The molecule has 0 aliphatic heterocycles. The van der Waals surface area contributed by atoms with Crippen LogP contribution in [0, 0.1) is 0 Å². The normalized spacial score (nSPS) is 10.1. The van der Waals surface area contributed by atoms with E-state index in [9.17, 15) is 4.79 Å². The SMILES string of the molecule is O=Cc1nccn1CCc1ccncc1. The van der Waals surface area contributed by atoms with E-state index in [-0.39, 0.29) is 0 Å². The van der Waals surface area contributed by atoms with E-state index in [0.717, 1.165) is 19.3 Å². The molecule has 0 unspecified atom stereocenters. The molecule has 4 heteroatoms. The van der Waals surface area contributed by atoms with Crippen molar-refractivity contribution in [2.24, 2.45) is 0 Å². The van der Waals surface area contributed by atoms with E-state index >= 15 is 0 Å². The number of nitrogens with zero attached hydrogens (tertiary/aromatic N) is 3. The first-order valence-corrected chi connectivity index (χ1v) is 4.75. The predicted molar refractivity (Wildman–Crippen MR) is 55.6 cm³/mol. The van der Waals surface area contributed by atoms with Crippen LogP contribution in [0.3, 0.4) is 0 Å². The second-order valence-electron chi connectivity index (χ2n) is 3.20. The average Bonchev–Trinajstić information content (AvgIpc) is 2.75. The molecule has 0 aliphatic carbocycles. The van der Waals surface area contributed by atoms with Crippen molar-refractivity contribution in [2.75, 3.05) is 0 Å². The van der Waals surface area contributed by atoms with Gasteiger partial charge in [-0.2, -0.15) is 0 Å². The summed E-state index contributed by atoms with van der Waals surface area (Å²) in [5, 5.41) is 0. The molecule has 76 valence electrons. The van der Waals surface area contributed by atoms with Crippen molar-refractivity contribution in [3.05, 3.63) is 48.3 Å². The van der Waals surface area contributed by atoms with E-state index in [2.05, 4.69) is 9.97 Å². The van der Waals surface area contributed by atoms with Gasteiger partial charge in [0.2, 0.25) is 0 Å². The Morgan fingerprint density at radius 2 is 2.07 bits per heavy atom. The number of imidazole rings is 1. The topological polar surface area (TPSA) is 47.8 Å². The summed E-state index contributed by atoms with van der Waals surface area (Å²) in [6, 6.07) is 3.94. The zero-order valence-corrected chi connectivity index (χ0v) is 8.21. The summed E-state index contributed by atoms with van der Waals surface area (Å²) in [7, 11) is 0. The van der Waals surface area contributed by atoms with Crippen LogP contribution in [-0.2, 0) is 13.0 Å². The first-order valence-electron chi connectivity index (χ1n) is 4.75. The van der Waals surface area contributed by atoms with E-state index < -0.39 is 0 Å². The van der Waals surface area contributed by atoms with Crippen molar-refractivity contribution >= 4 is 6.29 Å². The smallest absolute Gasteiger partial charge is 0.185 e. The molecule has 4 nitrogen and oxygen atoms in total. The predicted octanol–water partition coefficient (Wildman–Crippen LogP) is 1.33. The van der Waals surface area contributed by atoms with Crippen molar-refractivity contribution in [3.8, 4) is 0 Å². The van der Waals surface area contributed by atoms with Crippen molar-refractivity contribution in [3.63, 3.8) is 0 Å². The monoisotopic (exact) mass is 201 g/mol. The Morgan fingerprint density at radius 3 is 2.80 bits per heavy atom. The maximum Gasteiger partial charge on any atom is 0.185 e. The fourth-order valence-electron chi connectivity index (χ4n) is 1.43. The van der Waals surface area contributed by atoms with Crippen molar-refractivity contribution in [2.45, 2.75) is 13.0 Å². The van der Waals surface area contributed by atoms with E-state index in [4.69, 9.17) is 0 Å². The number of aldehydes is 1. The van der Waals surface area contributed by atoms with Crippen molar-refractivity contribution in [1.29, 1.82) is 0 Å². The lowest BCUT2D eigenvalue weighted by Crippen LogP contribution is -2.04. The maximum absolute atomic E-state index is 10.6. The third-order valence-electron chi connectivity index (χ3n) is 2.24. The minimum absolute atomic E-state index is 0.476. The average molecular weight is 201 g/mol. The second kappa shape index (κ2) is 4.50. The molecule has 0 fully saturated rings. The van der Waals surface area contributed by atoms with Crippen LogP contribution in [0.4, 0.5) is 0 Å². The van der Waals surface area contributed by atoms with Crippen LogP contribution in [0.2, 0.25) is 0 Å². The molecule has 2 heterocycles. The molecule has 0 aromatic carbocycles. The summed E-state index contributed by atoms with van der Waals surface area (Å²) in [5.74, 6) is 0.476. The quantitative estimate of drug-likeness (QED) is 0.701. The molecule has 0 amide bonds. The van der Waals surface area contributed by atoms with E-state index in [0.29, 0.717) is 5.82 Å². The molecule has 0 radical (unpaired) electrons. The molecule has 0 saturated heterocycles. The van der Waals surface area contributed by atoms with Gasteiger partial charge in [-0.25, -0.2) is 4.98 Å². The molecular formula is C11H11N3O. The molecule has 0 aliphatic rings. The summed E-state index contributed by atoms with van der Waals surface area (Å²) in [6.07, 6.45) is 8.63. The van der Waals surface area contributed by atoms with Gasteiger partial charge in [0, 0.05) is 31.3 Å². The van der Waals surface area contributed by atoms with Crippen molar-refractivity contribution in [1.82, 2.24) is 14.5 Å². The van der Waals surface area contributed by atoms with Gasteiger partial charge >= 0.3 is 0 Å². The van der Waals surface area contributed by atoms with Crippen LogP contribution in [0.1, 0.15) is 16.2 Å². The molecule has 2 aromatic rings. The third kappa shape index (κ3) is 2.28. The van der Waals surface area contributed by atoms with Crippen LogP contribution < -0.4 is 0 Å². The Balaban J connectivity index is 2.02. The van der Waals surface area contributed by atoms with Gasteiger partial charge in [-0.3, -0.25) is 9.78 Å². The minimum atomic E-state index is 0.476. The van der Waals surface area contributed by atoms with Gasteiger partial charge in [0.05, 0.1) is 0 Å². The number of hydrogen-bond acceptors (Lipinski definition) is 3. The highest BCUT2D eigenvalue weighted by molar-refractivity contribution is 5.69. The van der Waals surface area contributed by atoms with Crippen LogP contribution in [0.5, 0.6) is 0 Å². The number of pyridine rings is 1. The number of rotatable bonds is 4. The molecule has 2 rings (SSSR count). The first kappa shape index (κ1) is 9.58. The summed E-state index contributed by atoms with van der Waals surface area (Å²) in [4.78, 5) is 18.5. The molecule has 0 atom stereocenters. The summed E-state index contributed by atoms with van der Waals surface area (Å²) in [6.45, 7) is 0.762. The molecule has 0 bridgehead atoms. The fraction of sp³-hybridized carbons (Fsp3) is 0.182. The number of carbonyl (C=O) groups is 1. The maximum atomic E-state index is 10.6. The highest BCUT2D eigenvalue weighted by Crippen LogP contribution is 2.01. The zero-order valence-electron chi connectivity index (χ0n) is 8.21. The van der Waals surface area contributed by atoms with Gasteiger partial charge < -0.3 is 4.57 Å². The first-order chi connectivity index (χ1) is 7.40. The second-order valence-corrected chi connectivity index (χ2v) is 3.20. The lowest BCUT2D eigenvalue weighted by Gasteiger charge is -2.03. The number of hydrogen-bond donors (Lipinski definition) is 0. The van der Waals surface area contributed by atoms with Crippen LogP contribution in [0.15, 0.2) is 36.9 Å². The lowest BCUT2D eigenvalue weighted by molar-refractivity contribution is 0.111. The largest absolute Gasteiger partial charge is 0.328 e. The van der Waals surface area contributed by atoms with E-state index in [1.165, 1.54) is 5.56 Å². The molecule has 0 saturated carbocycles. The Labute approximate surface area is 87.6 Å². The summed E-state index contributed by atoms with van der Waals surface area (Å²) >= 11 is 0. The van der Waals surface area contributed by atoms with Crippen molar-refractivity contribution < 1.29 is 4.79 Å². The minimum Gasteiger partial charge on any atom is -0.328 e. The number of carbonyl (C=O) groups excluding carboxylic acids is 1. The highest BCUT2D eigenvalue weighted by atomic mass is 16.1. The molecule has 15 heavy (non-hydrogen) atoms. The molecule has 0 N–H and O–H groups in total. The van der Waals surface area contributed by atoms with E-state index in [1.807, 2.05) is 22.9 Å². The van der Waals surface area contributed by atoms with Crippen LogP contribution in [0.25, 0.3) is 0 Å². The van der Waals surface area contributed by atoms with Gasteiger partial charge in [-0.1, -0.05) is 0 Å². The highest BCUT2D eigenvalue weighted by Gasteiger charge is 2.00. The van der Waals surface area contributed by atoms with Gasteiger partial charge in [-0.05, 0) is 24.1 Å². The molecule has 2 aromatic heterocycles. The van der Waals surface area contributed by atoms with Gasteiger partial charge in [0.25, 0.3) is 0 Å². The van der Waals surface area contributed by atoms with Crippen LogP contribution >= 0.6 is 0 Å². The standard InChI is InChI=1S/C11H11N3O/c15-9-11-13-6-8-14(11)7-3-10-1-4-12-5-2-10/h1-2,4-6,8-9H,3,7H2. The molecular weight excluding hydrogens is 190 g/mol. The zero-order chi connectivity index (χ0) is 10.5. The van der Waals surface area contributed by atoms with Crippen LogP contribution in [-0.4, -0.2) is 20.8 Å². The Kier molecular flexibility index (Phi) is 2.88. The Hall–Kier alpha value is -1.97. The Morgan fingerprint density at radius 1 is 1.27 bits per heavy atom. The summed E-state index contributed by atoms with van der Waals surface area (Å²) < 4.78 is 1.84. The summed E-state index contributed by atoms with van der Waals surface area (Å²) in [5.41, 5.74) is 1.20. The fourth-order valence-corrected chi connectivity index (χ4v) is 1.43. The van der Waals surface area contributed by atoms with Gasteiger partial charge in [0.1, 0.15) is 0 Å². The number of aryl methyl sites for hydroxylation is 2. The van der Waals surface area contributed by atoms with Gasteiger partial charge in [0.15, 0.2) is 12.1 Å². The lowest BCUT2D eigenvalue weighted by atomic mass is 10.2. The molecule has 0 spiro atoms. The third-order valence-corrected chi connectivity index (χ3v) is 2.24.